The SMILES string of the molecule is COCCOCC(=O)N[C@@H](Cc1ccc(F)c([N+](=O)[O-])c1)C(=O)O. The van der Waals surface area contributed by atoms with Crippen molar-refractivity contribution in [3.05, 3.63) is 39.7 Å². The van der Waals surface area contributed by atoms with Crippen LogP contribution in [0, 0.1) is 15.9 Å². The summed E-state index contributed by atoms with van der Waals surface area (Å²) in [5.41, 5.74) is -0.554. The Morgan fingerprint density at radius 3 is 2.71 bits per heavy atom. The molecule has 0 aromatic heterocycles. The maximum atomic E-state index is 13.3. The average molecular weight is 344 g/mol. The molecule has 1 atom stereocenters. The van der Waals surface area contributed by atoms with Gasteiger partial charge < -0.3 is 19.9 Å². The van der Waals surface area contributed by atoms with Gasteiger partial charge in [0.25, 0.3) is 0 Å². The standard InChI is InChI=1S/C14H17FN2O7/c1-23-4-5-24-8-13(18)16-11(14(19)20)6-9-2-3-10(15)12(7-9)17(21)22/h2-3,7,11H,4-6,8H2,1H3,(H,16,18)(H,19,20)/t11-/m0/s1. The summed E-state index contributed by atoms with van der Waals surface area (Å²) in [6.07, 6.45) is -0.236. The zero-order valence-corrected chi connectivity index (χ0v) is 12.9. The highest BCUT2D eigenvalue weighted by Gasteiger charge is 2.22. The Kier molecular flexibility index (Phi) is 7.72. The van der Waals surface area contributed by atoms with Gasteiger partial charge in [0.2, 0.25) is 11.7 Å². The van der Waals surface area contributed by atoms with Crippen molar-refractivity contribution in [2.24, 2.45) is 0 Å². The lowest BCUT2D eigenvalue weighted by atomic mass is 10.0. The third-order valence-corrected chi connectivity index (χ3v) is 2.95. The van der Waals surface area contributed by atoms with E-state index in [-0.39, 0.29) is 31.8 Å². The Balaban J connectivity index is 2.70. The van der Waals surface area contributed by atoms with Gasteiger partial charge >= 0.3 is 11.7 Å². The Bertz CT molecular complexity index is 609. The molecule has 2 N–H and O–H groups in total. The number of nitrogens with zero attached hydrogens (tertiary/aromatic N) is 1. The number of carbonyl (C=O) groups is 2. The van der Waals surface area contributed by atoms with Crippen molar-refractivity contribution in [1.29, 1.82) is 0 Å². The maximum Gasteiger partial charge on any atom is 0.326 e. The number of halogens is 1. The molecular formula is C14H17FN2O7. The first kappa shape index (κ1) is 19.5. The maximum absolute atomic E-state index is 13.3. The molecule has 0 aliphatic carbocycles. The number of hydrogen-bond donors (Lipinski definition) is 2. The molecular weight excluding hydrogens is 327 g/mol. The minimum atomic E-state index is -1.33. The van der Waals surface area contributed by atoms with E-state index in [4.69, 9.17) is 14.6 Å². The molecule has 1 amide bonds. The number of amides is 1. The molecule has 1 aromatic carbocycles. The second-order valence-electron chi connectivity index (χ2n) is 4.75. The summed E-state index contributed by atoms with van der Waals surface area (Å²) in [6.45, 7) is 0.109. The second kappa shape index (κ2) is 9.53. The van der Waals surface area contributed by atoms with Crippen LogP contribution in [0.15, 0.2) is 18.2 Å². The molecule has 0 saturated heterocycles. The van der Waals surface area contributed by atoms with Gasteiger partial charge in [-0.3, -0.25) is 14.9 Å². The van der Waals surface area contributed by atoms with Crippen molar-refractivity contribution in [2.45, 2.75) is 12.5 Å². The lowest BCUT2D eigenvalue weighted by molar-refractivity contribution is -0.387. The summed E-state index contributed by atoms with van der Waals surface area (Å²) < 4.78 is 23.0. The second-order valence-corrected chi connectivity index (χ2v) is 4.75. The van der Waals surface area contributed by atoms with Crippen molar-refractivity contribution in [3.8, 4) is 0 Å². The van der Waals surface area contributed by atoms with Gasteiger partial charge in [-0.2, -0.15) is 4.39 Å². The number of aliphatic carboxylic acids is 1. The fourth-order valence-corrected chi connectivity index (χ4v) is 1.80. The highest BCUT2D eigenvalue weighted by Crippen LogP contribution is 2.19. The zero-order chi connectivity index (χ0) is 18.1. The Morgan fingerprint density at radius 2 is 2.12 bits per heavy atom. The topological polar surface area (TPSA) is 128 Å². The number of rotatable bonds is 10. The molecule has 0 fully saturated rings. The molecule has 10 heteroatoms. The van der Waals surface area contributed by atoms with Gasteiger partial charge in [0.1, 0.15) is 12.6 Å². The van der Waals surface area contributed by atoms with E-state index < -0.39 is 34.3 Å². The first-order chi connectivity index (χ1) is 11.3. The number of benzene rings is 1. The Labute approximate surface area is 136 Å². The molecule has 0 bridgehead atoms. The van der Waals surface area contributed by atoms with Crippen LogP contribution in [0.5, 0.6) is 0 Å². The number of hydrogen-bond acceptors (Lipinski definition) is 6. The van der Waals surface area contributed by atoms with Gasteiger partial charge in [0, 0.05) is 19.6 Å². The first-order valence-corrected chi connectivity index (χ1v) is 6.86. The molecule has 0 aliphatic rings. The third kappa shape index (κ3) is 6.26. The summed E-state index contributed by atoms with van der Waals surface area (Å²) >= 11 is 0. The molecule has 0 radical (unpaired) electrons. The molecule has 132 valence electrons. The van der Waals surface area contributed by atoms with Crippen molar-refractivity contribution >= 4 is 17.6 Å². The highest BCUT2D eigenvalue weighted by molar-refractivity contribution is 5.84. The van der Waals surface area contributed by atoms with E-state index in [2.05, 4.69) is 5.32 Å². The van der Waals surface area contributed by atoms with E-state index >= 15 is 0 Å². The highest BCUT2D eigenvalue weighted by atomic mass is 19.1. The van der Waals surface area contributed by atoms with Crippen LogP contribution in [0.2, 0.25) is 0 Å². The largest absolute Gasteiger partial charge is 0.480 e. The van der Waals surface area contributed by atoms with Gasteiger partial charge in [-0.05, 0) is 11.6 Å². The van der Waals surface area contributed by atoms with Crippen LogP contribution in [0.25, 0.3) is 0 Å². The van der Waals surface area contributed by atoms with Gasteiger partial charge in [0.15, 0.2) is 0 Å². The molecule has 1 aromatic rings. The summed E-state index contributed by atoms with van der Waals surface area (Å²) in [6, 6.07) is 1.71. The van der Waals surface area contributed by atoms with Crippen LogP contribution in [0.3, 0.4) is 0 Å². The van der Waals surface area contributed by atoms with E-state index in [1.807, 2.05) is 0 Å². The smallest absolute Gasteiger partial charge is 0.326 e. The number of carbonyl (C=O) groups excluding carboxylic acids is 1. The predicted octanol–water partition coefficient (Wildman–Crippen LogP) is 0.509. The molecule has 24 heavy (non-hydrogen) atoms. The Morgan fingerprint density at radius 1 is 1.42 bits per heavy atom. The van der Waals surface area contributed by atoms with E-state index in [9.17, 15) is 24.1 Å². The van der Waals surface area contributed by atoms with Crippen molar-refractivity contribution in [1.82, 2.24) is 5.32 Å². The van der Waals surface area contributed by atoms with Crippen LogP contribution in [0.4, 0.5) is 10.1 Å². The summed E-state index contributed by atoms with van der Waals surface area (Å²) in [4.78, 5) is 32.6. The number of carboxylic acid groups (broad SMARTS) is 1. The quantitative estimate of drug-likeness (QED) is 0.359. The summed E-state index contributed by atoms with van der Waals surface area (Å²) in [7, 11) is 1.46. The average Bonchev–Trinajstić information content (AvgIpc) is 2.52. The van der Waals surface area contributed by atoms with Crippen LogP contribution in [0.1, 0.15) is 5.56 Å². The number of nitro benzene ring substituents is 1. The van der Waals surface area contributed by atoms with Gasteiger partial charge in [-0.15, -0.1) is 0 Å². The molecule has 1 rings (SSSR count). The minimum absolute atomic E-state index is 0.172. The van der Waals surface area contributed by atoms with Gasteiger partial charge in [-0.25, -0.2) is 4.79 Å². The fraction of sp³-hybridized carbons (Fsp3) is 0.429. The molecule has 0 spiro atoms. The van der Waals surface area contributed by atoms with E-state index in [0.29, 0.717) is 0 Å². The first-order valence-electron chi connectivity index (χ1n) is 6.86. The van der Waals surface area contributed by atoms with E-state index in [0.717, 1.165) is 12.1 Å². The zero-order valence-electron chi connectivity index (χ0n) is 12.9. The normalized spacial score (nSPS) is 11.8. The number of carboxylic acids is 1. The van der Waals surface area contributed by atoms with Crippen molar-refractivity contribution in [3.63, 3.8) is 0 Å². The predicted molar refractivity (Wildman–Crippen MR) is 79.0 cm³/mol. The molecule has 0 unspecified atom stereocenters. The number of ether oxygens (including phenoxy) is 2. The van der Waals surface area contributed by atoms with Crippen LogP contribution >= 0.6 is 0 Å². The number of methoxy groups -OCH3 is 1. The van der Waals surface area contributed by atoms with Gasteiger partial charge in [-0.1, -0.05) is 6.07 Å². The third-order valence-electron chi connectivity index (χ3n) is 2.95. The van der Waals surface area contributed by atoms with Crippen LogP contribution in [-0.2, 0) is 25.5 Å². The van der Waals surface area contributed by atoms with E-state index in [1.54, 1.807) is 0 Å². The van der Waals surface area contributed by atoms with E-state index in [1.165, 1.54) is 13.2 Å². The molecule has 0 heterocycles. The monoisotopic (exact) mass is 344 g/mol. The molecule has 9 nitrogen and oxygen atoms in total. The van der Waals surface area contributed by atoms with Crippen LogP contribution in [-0.4, -0.2) is 54.9 Å². The lowest BCUT2D eigenvalue weighted by Gasteiger charge is -2.14. The molecule has 0 saturated carbocycles. The Hall–Kier alpha value is -2.59. The number of nitro groups is 1. The fourth-order valence-electron chi connectivity index (χ4n) is 1.80. The number of nitrogens with one attached hydrogen (secondary N) is 1. The van der Waals surface area contributed by atoms with Crippen LogP contribution < -0.4 is 5.32 Å². The lowest BCUT2D eigenvalue weighted by Crippen LogP contribution is -2.44. The van der Waals surface area contributed by atoms with Gasteiger partial charge in [0.05, 0.1) is 18.1 Å². The summed E-state index contributed by atoms with van der Waals surface area (Å²) in [5.74, 6) is -3.01. The van der Waals surface area contributed by atoms with Crippen molar-refractivity contribution < 1.29 is 33.5 Å². The molecule has 0 aliphatic heterocycles. The summed E-state index contributed by atoms with van der Waals surface area (Å²) in [5, 5.41) is 22.1. The minimum Gasteiger partial charge on any atom is -0.480 e. The van der Waals surface area contributed by atoms with Crippen molar-refractivity contribution in [2.75, 3.05) is 26.9 Å².